The molecule has 0 fully saturated rings. The molecule has 0 N–H and O–H groups in total. The smallest absolute Gasteiger partial charge is 0.125 e. The molecule has 0 saturated carbocycles. The molecule has 2 heteroatoms. The van der Waals surface area contributed by atoms with Gasteiger partial charge in [0.05, 0.1) is 12.7 Å². The average molecular weight is 230 g/mol. The monoisotopic (exact) mass is 230 g/mol. The van der Waals surface area contributed by atoms with Gasteiger partial charge in [-0.15, -0.1) is 0 Å². The summed E-state index contributed by atoms with van der Waals surface area (Å²) >= 11 is 0. The van der Waals surface area contributed by atoms with Gasteiger partial charge in [0.15, 0.2) is 0 Å². The van der Waals surface area contributed by atoms with Gasteiger partial charge in [-0.3, -0.25) is 0 Å². The SMILES string of the molecule is COC1=CC(C)(OC)CC=C1c1ccccc1. The zero-order chi connectivity index (χ0) is 12.3. The van der Waals surface area contributed by atoms with E-state index in [1.807, 2.05) is 18.2 Å². The van der Waals surface area contributed by atoms with Gasteiger partial charge in [-0.2, -0.15) is 0 Å². The average Bonchev–Trinajstić information content (AvgIpc) is 2.39. The van der Waals surface area contributed by atoms with Gasteiger partial charge < -0.3 is 9.47 Å². The first-order valence-corrected chi connectivity index (χ1v) is 5.76. The Bertz CT molecular complexity index is 445. The normalized spacial score (nSPS) is 23.9. The Labute approximate surface area is 103 Å². The molecule has 1 aromatic rings. The van der Waals surface area contributed by atoms with Crippen LogP contribution in [-0.2, 0) is 9.47 Å². The van der Waals surface area contributed by atoms with Crippen LogP contribution in [0.4, 0.5) is 0 Å². The van der Waals surface area contributed by atoms with Gasteiger partial charge in [0.1, 0.15) is 5.76 Å². The van der Waals surface area contributed by atoms with E-state index in [2.05, 4.69) is 31.2 Å². The molecule has 0 saturated heterocycles. The molecule has 0 heterocycles. The van der Waals surface area contributed by atoms with E-state index in [1.54, 1.807) is 14.2 Å². The number of rotatable bonds is 3. The van der Waals surface area contributed by atoms with Crippen LogP contribution in [0.3, 0.4) is 0 Å². The minimum Gasteiger partial charge on any atom is -0.496 e. The summed E-state index contributed by atoms with van der Waals surface area (Å²) in [6, 6.07) is 10.3. The Kier molecular flexibility index (Phi) is 3.34. The molecule has 1 unspecified atom stereocenters. The lowest BCUT2D eigenvalue weighted by Crippen LogP contribution is -2.26. The summed E-state index contributed by atoms with van der Waals surface area (Å²) in [4.78, 5) is 0. The van der Waals surface area contributed by atoms with Crippen LogP contribution in [-0.4, -0.2) is 19.8 Å². The van der Waals surface area contributed by atoms with Crippen molar-refractivity contribution < 1.29 is 9.47 Å². The molecule has 1 aromatic carbocycles. The van der Waals surface area contributed by atoms with Crippen LogP contribution < -0.4 is 0 Å². The standard InChI is InChI=1S/C15H18O2/c1-15(17-3)10-9-13(14(11-15)16-2)12-7-5-4-6-8-12/h4-9,11H,10H2,1-3H3. The first kappa shape index (κ1) is 11.9. The summed E-state index contributed by atoms with van der Waals surface area (Å²) in [6.07, 6.45) is 5.09. The van der Waals surface area contributed by atoms with Crippen molar-refractivity contribution in [2.75, 3.05) is 14.2 Å². The first-order valence-electron chi connectivity index (χ1n) is 5.76. The van der Waals surface area contributed by atoms with Gasteiger partial charge in [0.2, 0.25) is 0 Å². The molecule has 1 atom stereocenters. The quantitative estimate of drug-likeness (QED) is 0.792. The molecule has 2 nitrogen and oxygen atoms in total. The predicted octanol–water partition coefficient (Wildman–Crippen LogP) is 3.41. The number of ether oxygens (including phenoxy) is 2. The summed E-state index contributed by atoms with van der Waals surface area (Å²) in [5, 5.41) is 0. The van der Waals surface area contributed by atoms with Crippen LogP contribution >= 0.6 is 0 Å². The molecule has 0 aromatic heterocycles. The zero-order valence-electron chi connectivity index (χ0n) is 10.6. The molecule has 17 heavy (non-hydrogen) atoms. The van der Waals surface area contributed by atoms with E-state index >= 15 is 0 Å². The fourth-order valence-electron chi connectivity index (χ4n) is 2.01. The number of methoxy groups -OCH3 is 2. The van der Waals surface area contributed by atoms with Gasteiger partial charge in [-0.1, -0.05) is 36.4 Å². The Morgan fingerprint density at radius 1 is 1.12 bits per heavy atom. The van der Waals surface area contributed by atoms with Crippen molar-refractivity contribution in [1.29, 1.82) is 0 Å². The van der Waals surface area contributed by atoms with Gasteiger partial charge >= 0.3 is 0 Å². The van der Waals surface area contributed by atoms with Crippen LogP contribution in [0.5, 0.6) is 0 Å². The van der Waals surface area contributed by atoms with Crippen LogP contribution in [0.25, 0.3) is 5.57 Å². The van der Waals surface area contributed by atoms with Gasteiger partial charge in [0, 0.05) is 12.7 Å². The third-order valence-corrected chi connectivity index (χ3v) is 3.18. The molecule has 0 aliphatic heterocycles. The highest BCUT2D eigenvalue weighted by Gasteiger charge is 2.26. The highest BCUT2D eigenvalue weighted by atomic mass is 16.5. The summed E-state index contributed by atoms with van der Waals surface area (Å²) < 4.78 is 11.0. The minimum atomic E-state index is -0.260. The van der Waals surface area contributed by atoms with E-state index < -0.39 is 0 Å². The highest BCUT2D eigenvalue weighted by molar-refractivity contribution is 5.78. The second-order valence-corrected chi connectivity index (χ2v) is 4.42. The lowest BCUT2D eigenvalue weighted by atomic mass is 9.89. The predicted molar refractivity (Wildman–Crippen MR) is 69.5 cm³/mol. The number of allylic oxidation sites excluding steroid dienone is 1. The highest BCUT2D eigenvalue weighted by Crippen LogP contribution is 2.34. The molecule has 1 aliphatic rings. The largest absolute Gasteiger partial charge is 0.496 e. The van der Waals surface area contributed by atoms with Crippen LogP contribution in [0, 0.1) is 0 Å². The fraction of sp³-hybridized carbons (Fsp3) is 0.333. The second-order valence-electron chi connectivity index (χ2n) is 4.42. The van der Waals surface area contributed by atoms with Crippen molar-refractivity contribution in [2.24, 2.45) is 0 Å². The van der Waals surface area contributed by atoms with Crippen molar-refractivity contribution in [3.63, 3.8) is 0 Å². The van der Waals surface area contributed by atoms with E-state index in [9.17, 15) is 0 Å². The topological polar surface area (TPSA) is 18.5 Å². The lowest BCUT2D eigenvalue weighted by molar-refractivity contribution is 0.0468. The van der Waals surface area contributed by atoms with Gasteiger partial charge in [-0.05, 0) is 25.0 Å². The van der Waals surface area contributed by atoms with Crippen LogP contribution in [0.15, 0.2) is 48.2 Å². The molecule has 0 radical (unpaired) electrons. The van der Waals surface area contributed by atoms with Crippen LogP contribution in [0.2, 0.25) is 0 Å². The van der Waals surface area contributed by atoms with Gasteiger partial charge in [0.25, 0.3) is 0 Å². The van der Waals surface area contributed by atoms with Crippen molar-refractivity contribution in [3.05, 3.63) is 53.8 Å². The van der Waals surface area contributed by atoms with E-state index in [4.69, 9.17) is 9.47 Å². The molecule has 0 spiro atoms. The molecule has 1 aliphatic carbocycles. The maximum atomic E-state index is 5.49. The maximum Gasteiger partial charge on any atom is 0.125 e. The lowest BCUT2D eigenvalue weighted by Gasteiger charge is -2.29. The number of hydrogen-bond acceptors (Lipinski definition) is 2. The van der Waals surface area contributed by atoms with E-state index in [1.165, 1.54) is 5.56 Å². The zero-order valence-corrected chi connectivity index (χ0v) is 10.6. The first-order chi connectivity index (χ1) is 8.18. The van der Waals surface area contributed by atoms with E-state index in [0.29, 0.717) is 0 Å². The van der Waals surface area contributed by atoms with E-state index in [-0.39, 0.29) is 5.60 Å². The Balaban J connectivity index is 2.36. The number of hydrogen-bond donors (Lipinski definition) is 0. The fourth-order valence-corrected chi connectivity index (χ4v) is 2.01. The van der Waals surface area contributed by atoms with Crippen molar-refractivity contribution in [2.45, 2.75) is 18.9 Å². The Morgan fingerprint density at radius 3 is 2.41 bits per heavy atom. The third-order valence-electron chi connectivity index (χ3n) is 3.18. The van der Waals surface area contributed by atoms with Crippen molar-refractivity contribution in [3.8, 4) is 0 Å². The molecule has 0 bridgehead atoms. The summed E-state index contributed by atoms with van der Waals surface area (Å²) in [7, 11) is 3.43. The third kappa shape index (κ3) is 2.42. The minimum absolute atomic E-state index is 0.260. The molecular weight excluding hydrogens is 212 g/mol. The van der Waals surface area contributed by atoms with E-state index in [0.717, 1.165) is 17.8 Å². The maximum absolute atomic E-state index is 5.49. The molecular formula is C15H18O2. The Hall–Kier alpha value is -1.54. The van der Waals surface area contributed by atoms with Crippen molar-refractivity contribution in [1.82, 2.24) is 0 Å². The molecule has 90 valence electrons. The number of benzene rings is 1. The molecule has 2 rings (SSSR count). The van der Waals surface area contributed by atoms with Crippen molar-refractivity contribution >= 4 is 5.57 Å². The Morgan fingerprint density at radius 2 is 1.82 bits per heavy atom. The molecule has 0 amide bonds. The second kappa shape index (κ2) is 4.76. The summed E-state index contributed by atoms with van der Waals surface area (Å²) in [5.41, 5.74) is 2.06. The van der Waals surface area contributed by atoms with Crippen LogP contribution in [0.1, 0.15) is 18.9 Å². The summed E-state index contributed by atoms with van der Waals surface area (Å²) in [5.74, 6) is 0.881. The van der Waals surface area contributed by atoms with Gasteiger partial charge in [-0.25, -0.2) is 0 Å². The summed E-state index contributed by atoms with van der Waals surface area (Å²) in [6.45, 7) is 2.06.